The summed E-state index contributed by atoms with van der Waals surface area (Å²) >= 11 is 0. The van der Waals surface area contributed by atoms with E-state index in [1.54, 1.807) is 0 Å². The fraction of sp³-hybridized carbons (Fsp3) is 0.190. The molecular weight excluding hydrogens is 312 g/mol. The molecule has 0 spiro atoms. The summed E-state index contributed by atoms with van der Waals surface area (Å²) in [5, 5.41) is 0.886. The van der Waals surface area contributed by atoms with Gasteiger partial charge in [0.15, 0.2) is 0 Å². The number of ether oxygens (including phenoxy) is 1. The standard InChI is InChI=1S/C21H22N2O2/c1-15-20(21(24)25-14-17-7-5-4-6-8-17)18-13-16(11-12-23(2)3)9-10-19(18)22-15/h4-13,22H,14H2,1-3H3/b12-11-. The molecule has 2 aromatic carbocycles. The van der Waals surface area contributed by atoms with E-state index in [4.69, 9.17) is 4.74 Å². The van der Waals surface area contributed by atoms with E-state index in [-0.39, 0.29) is 12.6 Å². The average molecular weight is 334 g/mol. The number of aromatic nitrogens is 1. The molecule has 0 bridgehead atoms. The first-order valence-electron chi connectivity index (χ1n) is 8.22. The zero-order chi connectivity index (χ0) is 17.8. The molecule has 0 saturated carbocycles. The first-order valence-corrected chi connectivity index (χ1v) is 8.22. The SMILES string of the molecule is Cc1[nH]c2ccc(/C=C\N(C)C)cc2c1C(=O)OCc1ccccc1. The molecule has 0 atom stereocenters. The number of hydrogen-bond acceptors (Lipinski definition) is 3. The summed E-state index contributed by atoms with van der Waals surface area (Å²) in [6.07, 6.45) is 3.99. The van der Waals surface area contributed by atoms with Crippen LogP contribution >= 0.6 is 0 Å². The van der Waals surface area contributed by atoms with Crippen LogP contribution in [0, 0.1) is 6.92 Å². The van der Waals surface area contributed by atoms with Crippen molar-refractivity contribution >= 4 is 22.9 Å². The Kier molecular flexibility index (Phi) is 4.89. The third-order valence-electron chi connectivity index (χ3n) is 3.99. The molecule has 1 heterocycles. The van der Waals surface area contributed by atoms with Gasteiger partial charge in [0.05, 0.1) is 5.56 Å². The Morgan fingerprint density at radius 3 is 2.64 bits per heavy atom. The number of aromatic amines is 1. The Labute approximate surface area is 147 Å². The van der Waals surface area contributed by atoms with E-state index in [0.717, 1.165) is 27.7 Å². The summed E-state index contributed by atoms with van der Waals surface area (Å²) in [6, 6.07) is 15.7. The van der Waals surface area contributed by atoms with Gasteiger partial charge >= 0.3 is 5.97 Å². The number of rotatable bonds is 5. The van der Waals surface area contributed by atoms with Crippen molar-refractivity contribution in [1.82, 2.24) is 9.88 Å². The second-order valence-electron chi connectivity index (χ2n) is 6.27. The maximum Gasteiger partial charge on any atom is 0.340 e. The predicted octanol–water partition coefficient (Wildman–Crippen LogP) is 4.37. The van der Waals surface area contributed by atoms with Gasteiger partial charge in [-0.1, -0.05) is 36.4 Å². The molecule has 3 aromatic rings. The Balaban J connectivity index is 1.87. The molecule has 0 radical (unpaired) electrons. The molecule has 0 fully saturated rings. The number of H-pyrrole nitrogens is 1. The van der Waals surface area contributed by atoms with Crippen molar-refractivity contribution in [2.24, 2.45) is 0 Å². The number of carbonyl (C=O) groups is 1. The van der Waals surface area contributed by atoms with E-state index >= 15 is 0 Å². The van der Waals surface area contributed by atoms with Crippen LogP contribution in [0.1, 0.15) is 27.2 Å². The molecule has 0 unspecified atom stereocenters. The fourth-order valence-electron chi connectivity index (χ4n) is 2.74. The summed E-state index contributed by atoms with van der Waals surface area (Å²) in [5.41, 5.74) is 4.37. The van der Waals surface area contributed by atoms with Crippen molar-refractivity contribution < 1.29 is 9.53 Å². The third kappa shape index (κ3) is 3.91. The third-order valence-corrected chi connectivity index (χ3v) is 3.99. The van der Waals surface area contributed by atoms with Gasteiger partial charge in [0.1, 0.15) is 6.61 Å². The van der Waals surface area contributed by atoms with Crippen LogP contribution in [0.2, 0.25) is 0 Å². The molecule has 4 heteroatoms. The molecule has 1 aromatic heterocycles. The maximum atomic E-state index is 12.6. The van der Waals surface area contributed by atoms with Gasteiger partial charge in [-0.2, -0.15) is 0 Å². The van der Waals surface area contributed by atoms with Gasteiger partial charge in [0.25, 0.3) is 0 Å². The second kappa shape index (κ2) is 7.26. The molecule has 0 amide bonds. The van der Waals surface area contributed by atoms with E-state index in [2.05, 4.69) is 4.98 Å². The summed E-state index contributed by atoms with van der Waals surface area (Å²) in [4.78, 5) is 17.9. The lowest BCUT2D eigenvalue weighted by Gasteiger charge is -2.06. The highest BCUT2D eigenvalue weighted by Gasteiger charge is 2.17. The Morgan fingerprint density at radius 1 is 1.16 bits per heavy atom. The van der Waals surface area contributed by atoms with Crippen molar-refractivity contribution in [3.8, 4) is 0 Å². The highest BCUT2D eigenvalue weighted by Crippen LogP contribution is 2.25. The van der Waals surface area contributed by atoms with Crippen LogP contribution in [0.5, 0.6) is 0 Å². The van der Waals surface area contributed by atoms with Crippen molar-refractivity contribution in [3.63, 3.8) is 0 Å². The zero-order valence-corrected chi connectivity index (χ0v) is 14.7. The summed E-state index contributed by atoms with van der Waals surface area (Å²) in [6.45, 7) is 2.17. The number of carbonyl (C=O) groups excluding carboxylic acids is 1. The van der Waals surface area contributed by atoms with Gasteiger partial charge in [0.2, 0.25) is 0 Å². The van der Waals surface area contributed by atoms with Gasteiger partial charge in [0, 0.05) is 30.7 Å². The smallest absolute Gasteiger partial charge is 0.340 e. The van der Waals surface area contributed by atoms with E-state index in [0.29, 0.717) is 5.56 Å². The molecule has 0 aliphatic carbocycles. The Bertz CT molecular complexity index is 908. The van der Waals surface area contributed by atoms with Crippen LogP contribution in [0.15, 0.2) is 54.7 Å². The Morgan fingerprint density at radius 2 is 1.92 bits per heavy atom. The van der Waals surface area contributed by atoms with Crippen molar-refractivity contribution in [2.45, 2.75) is 13.5 Å². The van der Waals surface area contributed by atoms with Crippen LogP contribution in [-0.4, -0.2) is 29.9 Å². The van der Waals surface area contributed by atoms with E-state index in [1.807, 2.05) is 86.7 Å². The number of esters is 1. The van der Waals surface area contributed by atoms with Crippen LogP contribution in [-0.2, 0) is 11.3 Å². The minimum atomic E-state index is -0.304. The molecule has 0 saturated heterocycles. The lowest BCUT2D eigenvalue weighted by Crippen LogP contribution is -2.06. The van der Waals surface area contributed by atoms with Gasteiger partial charge in [-0.15, -0.1) is 0 Å². The number of nitrogens with zero attached hydrogens (tertiary/aromatic N) is 1. The number of fused-ring (bicyclic) bond motifs is 1. The van der Waals surface area contributed by atoms with Gasteiger partial charge in [-0.3, -0.25) is 0 Å². The predicted molar refractivity (Wildman–Crippen MR) is 101 cm³/mol. The van der Waals surface area contributed by atoms with Gasteiger partial charge in [-0.05, 0) is 42.5 Å². The van der Waals surface area contributed by atoms with Gasteiger partial charge in [-0.25, -0.2) is 4.79 Å². The average Bonchev–Trinajstić information content (AvgIpc) is 2.94. The molecule has 3 rings (SSSR count). The van der Waals surface area contributed by atoms with Crippen molar-refractivity contribution in [1.29, 1.82) is 0 Å². The second-order valence-corrected chi connectivity index (χ2v) is 6.27. The molecule has 4 nitrogen and oxygen atoms in total. The quantitative estimate of drug-likeness (QED) is 0.705. The van der Waals surface area contributed by atoms with Gasteiger partial charge < -0.3 is 14.6 Å². The minimum Gasteiger partial charge on any atom is -0.457 e. The summed E-state index contributed by atoms with van der Waals surface area (Å²) in [5.74, 6) is -0.304. The van der Waals surface area contributed by atoms with Crippen LogP contribution in [0.4, 0.5) is 0 Å². The Hall–Kier alpha value is -3.01. The lowest BCUT2D eigenvalue weighted by atomic mass is 10.1. The maximum absolute atomic E-state index is 12.6. The van der Waals surface area contributed by atoms with E-state index in [9.17, 15) is 4.79 Å². The molecule has 128 valence electrons. The van der Waals surface area contributed by atoms with Crippen LogP contribution < -0.4 is 0 Å². The highest BCUT2D eigenvalue weighted by molar-refractivity contribution is 6.06. The van der Waals surface area contributed by atoms with Crippen LogP contribution in [0.3, 0.4) is 0 Å². The number of hydrogen-bond donors (Lipinski definition) is 1. The zero-order valence-electron chi connectivity index (χ0n) is 14.7. The molecule has 0 aliphatic heterocycles. The van der Waals surface area contributed by atoms with E-state index in [1.165, 1.54) is 0 Å². The molecule has 25 heavy (non-hydrogen) atoms. The van der Waals surface area contributed by atoms with Crippen LogP contribution in [0.25, 0.3) is 17.0 Å². The highest BCUT2D eigenvalue weighted by atomic mass is 16.5. The first-order chi connectivity index (χ1) is 12.0. The minimum absolute atomic E-state index is 0.270. The fourth-order valence-corrected chi connectivity index (χ4v) is 2.74. The number of aryl methyl sites for hydroxylation is 1. The van der Waals surface area contributed by atoms with Crippen molar-refractivity contribution in [3.05, 3.63) is 77.1 Å². The topological polar surface area (TPSA) is 45.3 Å². The molecular formula is C21H22N2O2. The van der Waals surface area contributed by atoms with Crippen molar-refractivity contribution in [2.75, 3.05) is 14.1 Å². The molecule has 1 N–H and O–H groups in total. The summed E-state index contributed by atoms with van der Waals surface area (Å²) < 4.78 is 5.51. The monoisotopic (exact) mass is 334 g/mol. The first kappa shape index (κ1) is 16.8. The summed E-state index contributed by atoms with van der Waals surface area (Å²) in [7, 11) is 3.95. The lowest BCUT2D eigenvalue weighted by molar-refractivity contribution is 0.0474. The molecule has 0 aliphatic rings. The largest absolute Gasteiger partial charge is 0.457 e. The number of nitrogens with one attached hydrogen (secondary N) is 1. The normalized spacial score (nSPS) is 11.2. The number of benzene rings is 2. The van der Waals surface area contributed by atoms with E-state index < -0.39 is 0 Å².